The lowest BCUT2D eigenvalue weighted by molar-refractivity contribution is 0.797. The minimum atomic E-state index is 0.674. The lowest BCUT2D eigenvalue weighted by Gasteiger charge is -2.10. The molecular formula is C17H13ClN4. The Labute approximate surface area is 132 Å². The molecule has 4 rings (SSSR count). The number of hydrogen-bond donors (Lipinski definition) is 1. The van der Waals surface area contributed by atoms with Crippen molar-refractivity contribution in [3.05, 3.63) is 53.7 Å². The summed E-state index contributed by atoms with van der Waals surface area (Å²) in [5.41, 5.74) is 11.1. The highest BCUT2D eigenvalue weighted by molar-refractivity contribution is 6.41. The highest BCUT2D eigenvalue weighted by atomic mass is 35.5. The predicted octanol–water partition coefficient (Wildman–Crippen LogP) is 4.02. The van der Waals surface area contributed by atoms with Crippen LogP contribution in [0.1, 0.15) is 0 Å². The fourth-order valence-electron chi connectivity index (χ4n) is 2.78. The third-order valence-corrected chi connectivity index (χ3v) is 4.22. The molecule has 0 saturated carbocycles. The minimum absolute atomic E-state index is 0.674. The Kier molecular flexibility index (Phi) is 2.81. The van der Waals surface area contributed by atoms with Gasteiger partial charge in [0, 0.05) is 18.1 Å². The van der Waals surface area contributed by atoms with Gasteiger partial charge in [0.05, 0.1) is 16.7 Å². The van der Waals surface area contributed by atoms with E-state index in [1.807, 2.05) is 49.5 Å². The first kappa shape index (κ1) is 13.1. The molecule has 0 aliphatic carbocycles. The van der Waals surface area contributed by atoms with Crippen LogP contribution < -0.4 is 5.73 Å². The summed E-state index contributed by atoms with van der Waals surface area (Å²) in [7, 11) is 1.87. The predicted molar refractivity (Wildman–Crippen MR) is 90.9 cm³/mol. The third-order valence-electron chi connectivity index (χ3n) is 3.85. The molecule has 0 bridgehead atoms. The molecule has 0 aliphatic rings. The second-order valence-electron chi connectivity index (χ2n) is 5.25. The number of nitrogens with zero attached hydrogens (tertiary/aromatic N) is 3. The van der Waals surface area contributed by atoms with Gasteiger partial charge in [0.1, 0.15) is 11.0 Å². The summed E-state index contributed by atoms with van der Waals surface area (Å²) in [6.07, 6.45) is 1.73. The van der Waals surface area contributed by atoms with Crippen molar-refractivity contribution in [2.24, 2.45) is 7.05 Å². The molecule has 0 atom stereocenters. The van der Waals surface area contributed by atoms with Gasteiger partial charge >= 0.3 is 0 Å². The van der Waals surface area contributed by atoms with E-state index >= 15 is 0 Å². The average Bonchev–Trinajstić information content (AvgIpc) is 2.89. The number of halogens is 1. The molecule has 4 aromatic rings. The number of benzene rings is 2. The van der Waals surface area contributed by atoms with Crippen LogP contribution in [0.5, 0.6) is 0 Å². The molecule has 0 spiro atoms. The molecule has 4 nitrogen and oxygen atoms in total. The molecular weight excluding hydrogens is 296 g/mol. The number of aryl methyl sites for hydroxylation is 1. The topological polar surface area (TPSA) is 56.7 Å². The summed E-state index contributed by atoms with van der Waals surface area (Å²) in [6, 6.07) is 13.8. The second kappa shape index (κ2) is 4.71. The van der Waals surface area contributed by atoms with Crippen molar-refractivity contribution in [2.75, 3.05) is 5.73 Å². The van der Waals surface area contributed by atoms with E-state index in [9.17, 15) is 0 Å². The first-order chi connectivity index (χ1) is 10.6. The highest BCUT2D eigenvalue weighted by Crippen LogP contribution is 2.37. The maximum atomic E-state index is 6.68. The van der Waals surface area contributed by atoms with Gasteiger partial charge in [-0.15, -0.1) is 0 Å². The molecule has 2 aromatic carbocycles. The van der Waals surface area contributed by atoms with E-state index < -0.39 is 0 Å². The Morgan fingerprint density at radius 2 is 1.82 bits per heavy atom. The summed E-state index contributed by atoms with van der Waals surface area (Å²) >= 11 is 6.68. The summed E-state index contributed by atoms with van der Waals surface area (Å²) in [6.45, 7) is 0. The Hall–Kier alpha value is -2.59. The molecule has 0 fully saturated rings. The van der Waals surface area contributed by atoms with E-state index in [0.717, 1.165) is 38.8 Å². The largest absolute Gasteiger partial charge is 0.399 e. The Bertz CT molecular complexity index is 1000. The van der Waals surface area contributed by atoms with Crippen LogP contribution >= 0.6 is 11.6 Å². The van der Waals surface area contributed by atoms with E-state index in [0.29, 0.717) is 5.02 Å². The number of anilines is 1. The second-order valence-corrected chi connectivity index (χ2v) is 5.63. The molecule has 0 amide bonds. The molecule has 0 aliphatic heterocycles. The molecule has 108 valence electrons. The average molecular weight is 309 g/mol. The molecule has 2 aromatic heterocycles. The zero-order valence-corrected chi connectivity index (χ0v) is 12.7. The first-order valence-corrected chi connectivity index (χ1v) is 7.29. The van der Waals surface area contributed by atoms with Crippen LogP contribution in [0.25, 0.3) is 33.1 Å². The van der Waals surface area contributed by atoms with Crippen LogP contribution in [0.4, 0.5) is 5.69 Å². The number of hydrogen-bond acceptors (Lipinski definition) is 3. The number of nitrogen functional groups attached to an aromatic ring is 1. The monoisotopic (exact) mass is 308 g/mol. The third kappa shape index (κ3) is 1.84. The maximum absolute atomic E-state index is 6.68. The van der Waals surface area contributed by atoms with Crippen LogP contribution in [-0.2, 0) is 7.05 Å². The lowest BCUT2D eigenvalue weighted by Crippen LogP contribution is -1.93. The zero-order chi connectivity index (χ0) is 15.3. The standard InChI is InChI=1S/C17H13ClN4/c1-22-17-14(9-20-22)21-13-4-2-3-12(15(13)16(17)18)10-5-7-11(19)8-6-10/h2-9H,19H2,1H3. The molecule has 2 heterocycles. The van der Waals surface area contributed by atoms with E-state index in [4.69, 9.17) is 17.3 Å². The van der Waals surface area contributed by atoms with Gasteiger partial charge in [-0.3, -0.25) is 4.68 Å². The van der Waals surface area contributed by atoms with Crippen molar-refractivity contribution in [3.8, 4) is 11.1 Å². The van der Waals surface area contributed by atoms with E-state index in [1.54, 1.807) is 10.9 Å². The smallest absolute Gasteiger partial charge is 0.111 e. The van der Waals surface area contributed by atoms with Gasteiger partial charge in [-0.2, -0.15) is 5.10 Å². The van der Waals surface area contributed by atoms with Gasteiger partial charge < -0.3 is 5.73 Å². The van der Waals surface area contributed by atoms with Crippen LogP contribution in [0.2, 0.25) is 5.02 Å². The van der Waals surface area contributed by atoms with Gasteiger partial charge in [0.15, 0.2) is 0 Å². The molecule has 0 saturated heterocycles. The normalized spacial score (nSPS) is 11.4. The first-order valence-electron chi connectivity index (χ1n) is 6.91. The van der Waals surface area contributed by atoms with Gasteiger partial charge in [-0.25, -0.2) is 4.98 Å². The highest BCUT2D eigenvalue weighted by Gasteiger charge is 2.14. The van der Waals surface area contributed by atoms with E-state index in [2.05, 4.69) is 10.1 Å². The molecule has 0 unspecified atom stereocenters. The fraction of sp³-hybridized carbons (Fsp3) is 0.0588. The van der Waals surface area contributed by atoms with Crippen molar-refractivity contribution in [1.82, 2.24) is 14.8 Å². The van der Waals surface area contributed by atoms with E-state index in [1.165, 1.54) is 0 Å². The molecule has 0 radical (unpaired) electrons. The minimum Gasteiger partial charge on any atom is -0.399 e. The summed E-state index contributed by atoms with van der Waals surface area (Å²) < 4.78 is 1.75. The van der Waals surface area contributed by atoms with Crippen molar-refractivity contribution in [2.45, 2.75) is 0 Å². The molecule has 5 heteroatoms. The Morgan fingerprint density at radius 3 is 2.59 bits per heavy atom. The maximum Gasteiger partial charge on any atom is 0.111 e. The number of fused-ring (bicyclic) bond motifs is 2. The van der Waals surface area contributed by atoms with Gasteiger partial charge in [-0.1, -0.05) is 35.9 Å². The van der Waals surface area contributed by atoms with Crippen molar-refractivity contribution >= 4 is 39.2 Å². The van der Waals surface area contributed by atoms with Crippen LogP contribution in [-0.4, -0.2) is 14.8 Å². The number of nitrogens with two attached hydrogens (primary N) is 1. The molecule has 22 heavy (non-hydrogen) atoms. The summed E-state index contributed by atoms with van der Waals surface area (Å²) in [5, 5.41) is 5.86. The number of pyridine rings is 1. The van der Waals surface area contributed by atoms with Crippen LogP contribution in [0.15, 0.2) is 48.7 Å². The van der Waals surface area contributed by atoms with Gasteiger partial charge in [0.25, 0.3) is 0 Å². The lowest BCUT2D eigenvalue weighted by atomic mass is 10.00. The zero-order valence-electron chi connectivity index (χ0n) is 11.9. The van der Waals surface area contributed by atoms with Crippen molar-refractivity contribution in [3.63, 3.8) is 0 Å². The summed E-state index contributed by atoms with van der Waals surface area (Å²) in [4.78, 5) is 4.67. The van der Waals surface area contributed by atoms with Gasteiger partial charge in [0.2, 0.25) is 0 Å². The Balaban J connectivity index is 2.13. The Morgan fingerprint density at radius 1 is 1.05 bits per heavy atom. The van der Waals surface area contributed by atoms with Crippen LogP contribution in [0, 0.1) is 0 Å². The van der Waals surface area contributed by atoms with Crippen molar-refractivity contribution < 1.29 is 0 Å². The van der Waals surface area contributed by atoms with Crippen LogP contribution in [0.3, 0.4) is 0 Å². The number of rotatable bonds is 1. The fourth-order valence-corrected chi connectivity index (χ4v) is 3.20. The summed E-state index contributed by atoms with van der Waals surface area (Å²) in [5.74, 6) is 0. The van der Waals surface area contributed by atoms with E-state index in [-0.39, 0.29) is 0 Å². The van der Waals surface area contributed by atoms with Crippen molar-refractivity contribution in [1.29, 1.82) is 0 Å². The molecule has 2 N–H and O–H groups in total. The van der Waals surface area contributed by atoms with Gasteiger partial charge in [-0.05, 0) is 29.3 Å². The quantitative estimate of drug-likeness (QED) is 0.540. The number of aromatic nitrogens is 3. The SMILES string of the molecule is Cn1ncc2nc3cccc(-c4ccc(N)cc4)c3c(Cl)c21.